The molecule has 8 heteroatoms. The van der Waals surface area contributed by atoms with Gasteiger partial charge in [-0.3, -0.25) is 4.79 Å². The first-order chi connectivity index (χ1) is 10.7. The molecule has 0 spiro atoms. The number of hydrogen-bond donors (Lipinski definition) is 1. The van der Waals surface area contributed by atoms with Gasteiger partial charge in [0.15, 0.2) is 0 Å². The Balaban J connectivity index is 2.13. The van der Waals surface area contributed by atoms with E-state index in [0.717, 1.165) is 11.1 Å². The smallest absolute Gasteiger partial charge is 0.248 e. The number of nitrogens with one attached hydrogen (secondary N) is 1. The lowest BCUT2D eigenvalue weighted by atomic mass is 10.1. The molecule has 2 rings (SSSR count). The summed E-state index contributed by atoms with van der Waals surface area (Å²) < 4.78 is 38.1. The predicted octanol–water partition coefficient (Wildman–Crippen LogP) is 0.448. The fourth-order valence-electron chi connectivity index (χ4n) is 2.30. The highest BCUT2D eigenvalue weighted by atomic mass is 32.2. The van der Waals surface area contributed by atoms with Crippen LogP contribution in [0.4, 0.5) is 0 Å². The summed E-state index contributed by atoms with van der Waals surface area (Å²) in [6.45, 7) is 4.15. The first kappa shape index (κ1) is 17.7. The first-order valence-electron chi connectivity index (χ1n) is 7.25. The van der Waals surface area contributed by atoms with Crippen LogP contribution in [0.15, 0.2) is 17.0 Å². The summed E-state index contributed by atoms with van der Waals surface area (Å²) in [5, 5.41) is 0. The van der Waals surface area contributed by atoms with Crippen molar-refractivity contribution in [2.24, 2.45) is 0 Å². The Hall–Kier alpha value is -1.64. The normalized spacial score (nSPS) is 19.0. The molecule has 1 N–H and O–H groups in total. The average Bonchev–Trinajstić information content (AvgIpc) is 2.50. The Kier molecular flexibility index (Phi) is 5.28. The van der Waals surface area contributed by atoms with Crippen molar-refractivity contribution in [3.8, 4) is 5.75 Å². The van der Waals surface area contributed by atoms with Crippen LogP contribution in [0.25, 0.3) is 0 Å². The molecule has 7 nitrogen and oxygen atoms in total. The molecule has 1 saturated heterocycles. The number of carbonyl (C=O) groups excluding carboxylic acids is 1. The van der Waals surface area contributed by atoms with Gasteiger partial charge in [0.25, 0.3) is 0 Å². The highest BCUT2D eigenvalue weighted by Crippen LogP contribution is 2.27. The van der Waals surface area contributed by atoms with E-state index in [0.29, 0.717) is 12.3 Å². The molecule has 0 radical (unpaired) electrons. The summed E-state index contributed by atoms with van der Waals surface area (Å²) in [5.74, 6) is 0.192. The van der Waals surface area contributed by atoms with Crippen molar-refractivity contribution in [1.82, 2.24) is 9.62 Å². The maximum Gasteiger partial charge on any atom is 0.248 e. The third-order valence-corrected chi connectivity index (χ3v) is 5.36. The Morgan fingerprint density at radius 3 is 2.61 bits per heavy atom. The SMILES string of the molecule is COc1cc(C)c(C)cc1S(=O)(=O)NCC1CN(C)C(=O)CO1. The van der Waals surface area contributed by atoms with Gasteiger partial charge in [-0.15, -0.1) is 0 Å². The van der Waals surface area contributed by atoms with Gasteiger partial charge >= 0.3 is 0 Å². The van der Waals surface area contributed by atoms with Gasteiger partial charge in [0.05, 0.1) is 13.2 Å². The van der Waals surface area contributed by atoms with Crippen LogP contribution in [0.5, 0.6) is 5.75 Å². The van der Waals surface area contributed by atoms with Crippen LogP contribution in [-0.4, -0.2) is 59.2 Å². The van der Waals surface area contributed by atoms with Crippen LogP contribution in [0.2, 0.25) is 0 Å². The summed E-state index contributed by atoms with van der Waals surface area (Å²) in [6, 6.07) is 3.29. The van der Waals surface area contributed by atoms with Gasteiger partial charge in [0.1, 0.15) is 17.3 Å². The van der Waals surface area contributed by atoms with Gasteiger partial charge in [0, 0.05) is 20.1 Å². The van der Waals surface area contributed by atoms with Crippen LogP contribution in [-0.2, 0) is 19.6 Å². The number of sulfonamides is 1. The highest BCUT2D eigenvalue weighted by Gasteiger charge is 2.26. The summed E-state index contributed by atoms with van der Waals surface area (Å²) in [7, 11) is -0.627. The lowest BCUT2D eigenvalue weighted by Crippen LogP contribution is -2.48. The second-order valence-electron chi connectivity index (χ2n) is 5.65. The van der Waals surface area contributed by atoms with Crippen LogP contribution < -0.4 is 9.46 Å². The molecule has 23 heavy (non-hydrogen) atoms. The molecule has 0 saturated carbocycles. The van der Waals surface area contributed by atoms with Crippen LogP contribution in [0.1, 0.15) is 11.1 Å². The van der Waals surface area contributed by atoms with Gasteiger partial charge in [-0.2, -0.15) is 0 Å². The standard InChI is InChI=1S/C15H22N2O5S/c1-10-5-13(21-4)14(6-11(10)2)23(19,20)16-7-12-8-17(3)15(18)9-22-12/h5-6,12,16H,7-9H2,1-4H3. The molecule has 0 bridgehead atoms. The van der Waals surface area contributed by atoms with E-state index in [9.17, 15) is 13.2 Å². The zero-order valence-corrected chi connectivity index (χ0v) is 14.6. The number of aryl methyl sites for hydroxylation is 2. The number of morpholine rings is 1. The van der Waals surface area contributed by atoms with Crippen molar-refractivity contribution in [3.05, 3.63) is 23.3 Å². The second-order valence-corrected chi connectivity index (χ2v) is 7.38. The number of amides is 1. The summed E-state index contributed by atoms with van der Waals surface area (Å²) >= 11 is 0. The number of ether oxygens (including phenoxy) is 2. The Morgan fingerprint density at radius 2 is 2.00 bits per heavy atom. The fourth-order valence-corrected chi connectivity index (χ4v) is 3.60. The molecule has 0 aromatic heterocycles. The van der Waals surface area contributed by atoms with E-state index in [1.165, 1.54) is 12.0 Å². The molecule has 1 unspecified atom stereocenters. The number of rotatable bonds is 5. The number of hydrogen-bond acceptors (Lipinski definition) is 5. The zero-order chi connectivity index (χ0) is 17.2. The van der Waals surface area contributed by atoms with Gasteiger partial charge in [-0.25, -0.2) is 13.1 Å². The average molecular weight is 342 g/mol. The topological polar surface area (TPSA) is 84.9 Å². The van der Waals surface area contributed by atoms with Gasteiger partial charge < -0.3 is 14.4 Å². The predicted molar refractivity (Wildman–Crippen MR) is 85.0 cm³/mol. The molecule has 1 aromatic carbocycles. The lowest BCUT2D eigenvalue weighted by molar-refractivity contribution is -0.146. The minimum Gasteiger partial charge on any atom is -0.495 e. The number of methoxy groups -OCH3 is 1. The molecular weight excluding hydrogens is 320 g/mol. The van der Waals surface area contributed by atoms with Gasteiger partial charge in [-0.1, -0.05) is 0 Å². The van der Waals surface area contributed by atoms with E-state index < -0.39 is 10.0 Å². The van der Waals surface area contributed by atoms with E-state index in [-0.39, 0.29) is 30.1 Å². The molecule has 1 atom stereocenters. The van der Waals surface area contributed by atoms with Crippen LogP contribution >= 0.6 is 0 Å². The van der Waals surface area contributed by atoms with E-state index >= 15 is 0 Å². The molecule has 1 aromatic rings. The van der Waals surface area contributed by atoms with E-state index in [1.807, 2.05) is 13.8 Å². The van der Waals surface area contributed by atoms with Crippen molar-refractivity contribution >= 4 is 15.9 Å². The second kappa shape index (κ2) is 6.86. The maximum absolute atomic E-state index is 12.5. The molecule has 1 aliphatic rings. The summed E-state index contributed by atoms with van der Waals surface area (Å²) in [6.07, 6.45) is -0.370. The Morgan fingerprint density at radius 1 is 1.35 bits per heavy atom. The molecular formula is C15H22N2O5S. The van der Waals surface area contributed by atoms with Crippen LogP contribution in [0.3, 0.4) is 0 Å². The summed E-state index contributed by atoms with van der Waals surface area (Å²) in [5.41, 5.74) is 1.82. The van der Waals surface area contributed by atoms with Gasteiger partial charge in [0.2, 0.25) is 15.9 Å². The Bertz CT molecular complexity index is 702. The number of nitrogens with zero attached hydrogens (tertiary/aromatic N) is 1. The molecule has 1 aliphatic heterocycles. The highest BCUT2D eigenvalue weighted by molar-refractivity contribution is 7.89. The fraction of sp³-hybridized carbons (Fsp3) is 0.533. The quantitative estimate of drug-likeness (QED) is 0.840. The van der Waals surface area contributed by atoms with Crippen molar-refractivity contribution in [2.75, 3.05) is 33.9 Å². The van der Waals surface area contributed by atoms with E-state index in [4.69, 9.17) is 9.47 Å². The summed E-state index contributed by atoms with van der Waals surface area (Å²) in [4.78, 5) is 13.0. The minimum atomic E-state index is -3.73. The third kappa shape index (κ3) is 4.01. The Labute approximate surface area is 136 Å². The monoisotopic (exact) mass is 342 g/mol. The van der Waals surface area contributed by atoms with Crippen molar-refractivity contribution < 1.29 is 22.7 Å². The number of carbonyl (C=O) groups is 1. The molecule has 1 fully saturated rings. The maximum atomic E-state index is 12.5. The zero-order valence-electron chi connectivity index (χ0n) is 13.8. The molecule has 0 aliphatic carbocycles. The number of benzene rings is 1. The van der Waals surface area contributed by atoms with E-state index in [1.54, 1.807) is 19.2 Å². The lowest BCUT2D eigenvalue weighted by Gasteiger charge is -2.29. The van der Waals surface area contributed by atoms with Crippen molar-refractivity contribution in [3.63, 3.8) is 0 Å². The first-order valence-corrected chi connectivity index (χ1v) is 8.73. The van der Waals surface area contributed by atoms with Crippen molar-refractivity contribution in [1.29, 1.82) is 0 Å². The van der Waals surface area contributed by atoms with Crippen LogP contribution in [0, 0.1) is 13.8 Å². The molecule has 128 valence electrons. The van der Waals surface area contributed by atoms with Crippen molar-refractivity contribution in [2.45, 2.75) is 24.8 Å². The largest absolute Gasteiger partial charge is 0.495 e. The minimum absolute atomic E-state index is 0.0319. The van der Waals surface area contributed by atoms with Gasteiger partial charge in [-0.05, 0) is 37.1 Å². The van der Waals surface area contributed by atoms with E-state index in [2.05, 4.69) is 4.72 Å². The molecule has 1 heterocycles. The number of likely N-dealkylation sites (N-methyl/N-ethyl adjacent to an activating group) is 1. The third-order valence-electron chi connectivity index (χ3n) is 3.92. The molecule has 1 amide bonds.